The third kappa shape index (κ3) is 5.25. The zero-order valence-corrected chi connectivity index (χ0v) is 13.9. The van der Waals surface area contributed by atoms with Crippen LogP contribution in [0.1, 0.15) is 25.7 Å². The van der Waals surface area contributed by atoms with Crippen LogP contribution >= 0.6 is 0 Å². The first-order valence-electron chi connectivity index (χ1n) is 8.34. The van der Waals surface area contributed by atoms with Crippen LogP contribution in [-0.4, -0.2) is 86.5 Å². The van der Waals surface area contributed by atoms with Gasteiger partial charge in [-0.1, -0.05) is 0 Å². The van der Waals surface area contributed by atoms with Gasteiger partial charge in [-0.15, -0.1) is 0 Å². The van der Waals surface area contributed by atoms with Crippen LogP contribution in [0.3, 0.4) is 0 Å². The highest BCUT2D eigenvalue weighted by Crippen LogP contribution is 2.18. The van der Waals surface area contributed by atoms with E-state index in [-0.39, 0.29) is 11.8 Å². The number of hydrogen-bond acceptors (Lipinski definition) is 4. The van der Waals surface area contributed by atoms with Gasteiger partial charge in [0, 0.05) is 59.9 Å². The maximum absolute atomic E-state index is 12.4. The zero-order valence-electron chi connectivity index (χ0n) is 13.9. The SMILES string of the molecule is CN(C)C(=O)CN1CCCN(C(=O)C[C@H]2CCCOC2)CC1. The number of rotatable bonds is 4. The summed E-state index contributed by atoms with van der Waals surface area (Å²) >= 11 is 0. The van der Waals surface area contributed by atoms with Crippen LogP contribution in [0, 0.1) is 5.92 Å². The summed E-state index contributed by atoms with van der Waals surface area (Å²) in [5.41, 5.74) is 0. The number of ether oxygens (including phenoxy) is 1. The van der Waals surface area contributed by atoms with Gasteiger partial charge >= 0.3 is 0 Å². The molecule has 2 rings (SSSR count). The average Bonchev–Trinajstić information content (AvgIpc) is 2.74. The molecule has 2 heterocycles. The van der Waals surface area contributed by atoms with E-state index in [0.29, 0.717) is 18.9 Å². The fraction of sp³-hybridized carbons (Fsp3) is 0.875. The number of nitrogens with zero attached hydrogens (tertiary/aromatic N) is 3. The second-order valence-corrected chi connectivity index (χ2v) is 6.59. The van der Waals surface area contributed by atoms with Gasteiger partial charge < -0.3 is 14.5 Å². The lowest BCUT2D eigenvalue weighted by atomic mass is 9.98. The van der Waals surface area contributed by atoms with Crippen molar-refractivity contribution in [2.24, 2.45) is 5.92 Å². The van der Waals surface area contributed by atoms with Gasteiger partial charge in [0.05, 0.1) is 6.54 Å². The fourth-order valence-corrected chi connectivity index (χ4v) is 3.06. The van der Waals surface area contributed by atoms with Crippen molar-refractivity contribution >= 4 is 11.8 Å². The molecule has 0 N–H and O–H groups in total. The molecule has 0 radical (unpaired) electrons. The molecule has 2 aliphatic heterocycles. The number of carbonyl (C=O) groups is 2. The van der Waals surface area contributed by atoms with Gasteiger partial charge in [0.2, 0.25) is 11.8 Å². The summed E-state index contributed by atoms with van der Waals surface area (Å²) in [6.07, 6.45) is 3.71. The summed E-state index contributed by atoms with van der Waals surface area (Å²) in [7, 11) is 3.56. The first kappa shape index (κ1) is 17.2. The molecule has 0 aromatic carbocycles. The minimum atomic E-state index is 0.124. The highest BCUT2D eigenvalue weighted by molar-refractivity contribution is 5.78. The highest BCUT2D eigenvalue weighted by Gasteiger charge is 2.24. The van der Waals surface area contributed by atoms with E-state index in [1.807, 2.05) is 4.90 Å². The Balaban J connectivity index is 1.76. The van der Waals surface area contributed by atoms with Crippen molar-refractivity contribution in [1.29, 1.82) is 0 Å². The molecule has 0 aromatic rings. The van der Waals surface area contributed by atoms with Gasteiger partial charge in [0.1, 0.15) is 0 Å². The standard InChI is InChI=1S/C16H29N3O3/c1-17(2)16(21)12-18-6-4-7-19(9-8-18)15(20)11-14-5-3-10-22-13-14/h14H,3-13H2,1-2H3/t14-/m1/s1. The molecule has 22 heavy (non-hydrogen) atoms. The largest absolute Gasteiger partial charge is 0.381 e. The Morgan fingerprint density at radius 1 is 1.14 bits per heavy atom. The van der Waals surface area contributed by atoms with E-state index in [4.69, 9.17) is 4.74 Å². The van der Waals surface area contributed by atoms with Crippen LogP contribution in [0.15, 0.2) is 0 Å². The molecule has 0 saturated carbocycles. The normalized spacial score (nSPS) is 23.9. The highest BCUT2D eigenvalue weighted by atomic mass is 16.5. The van der Waals surface area contributed by atoms with Gasteiger partial charge in [-0.3, -0.25) is 14.5 Å². The van der Waals surface area contributed by atoms with Gasteiger partial charge in [-0.05, 0) is 25.2 Å². The fourth-order valence-electron chi connectivity index (χ4n) is 3.06. The van der Waals surface area contributed by atoms with Crippen molar-refractivity contribution in [3.05, 3.63) is 0 Å². The first-order chi connectivity index (χ1) is 10.6. The van der Waals surface area contributed by atoms with Crippen LogP contribution in [0.5, 0.6) is 0 Å². The second-order valence-electron chi connectivity index (χ2n) is 6.59. The van der Waals surface area contributed by atoms with E-state index < -0.39 is 0 Å². The summed E-state index contributed by atoms with van der Waals surface area (Å²) < 4.78 is 5.46. The van der Waals surface area contributed by atoms with Gasteiger partial charge in [-0.25, -0.2) is 0 Å². The van der Waals surface area contributed by atoms with E-state index in [1.165, 1.54) is 0 Å². The van der Waals surface area contributed by atoms with Crippen LogP contribution in [0.4, 0.5) is 0 Å². The Hall–Kier alpha value is -1.14. The van der Waals surface area contributed by atoms with Crippen LogP contribution in [0.25, 0.3) is 0 Å². The molecule has 126 valence electrons. The van der Waals surface area contributed by atoms with E-state index in [1.54, 1.807) is 19.0 Å². The smallest absolute Gasteiger partial charge is 0.236 e. The molecule has 0 aromatic heterocycles. The topological polar surface area (TPSA) is 53.1 Å². The van der Waals surface area contributed by atoms with E-state index in [9.17, 15) is 9.59 Å². The molecular formula is C16H29N3O3. The first-order valence-corrected chi connectivity index (χ1v) is 8.34. The maximum Gasteiger partial charge on any atom is 0.236 e. The van der Waals surface area contributed by atoms with Crippen molar-refractivity contribution in [1.82, 2.24) is 14.7 Å². The van der Waals surface area contributed by atoms with E-state index >= 15 is 0 Å². The minimum Gasteiger partial charge on any atom is -0.381 e. The van der Waals surface area contributed by atoms with Crippen molar-refractivity contribution in [2.75, 3.05) is 60.0 Å². The Morgan fingerprint density at radius 2 is 1.95 bits per heavy atom. The zero-order chi connectivity index (χ0) is 15.9. The van der Waals surface area contributed by atoms with Gasteiger partial charge in [0.15, 0.2) is 0 Å². The summed E-state index contributed by atoms with van der Waals surface area (Å²) in [6.45, 7) is 5.21. The third-order valence-corrected chi connectivity index (χ3v) is 4.52. The Labute approximate surface area is 133 Å². The lowest BCUT2D eigenvalue weighted by Crippen LogP contribution is -2.40. The Morgan fingerprint density at radius 3 is 2.64 bits per heavy atom. The molecule has 0 unspecified atom stereocenters. The molecule has 2 saturated heterocycles. The van der Waals surface area contributed by atoms with Gasteiger partial charge in [-0.2, -0.15) is 0 Å². The number of likely N-dealkylation sites (N-methyl/N-ethyl adjacent to an activating group) is 1. The van der Waals surface area contributed by atoms with Crippen LogP contribution in [-0.2, 0) is 14.3 Å². The quantitative estimate of drug-likeness (QED) is 0.755. The Kier molecular flexibility index (Phi) is 6.64. The number of amides is 2. The molecule has 2 amide bonds. The minimum absolute atomic E-state index is 0.124. The van der Waals surface area contributed by atoms with E-state index in [2.05, 4.69) is 4.90 Å². The summed E-state index contributed by atoms with van der Waals surface area (Å²) in [6, 6.07) is 0. The lowest BCUT2D eigenvalue weighted by molar-refractivity contribution is -0.133. The average molecular weight is 311 g/mol. The molecule has 2 aliphatic rings. The number of carbonyl (C=O) groups excluding carboxylic acids is 2. The van der Waals surface area contributed by atoms with Crippen molar-refractivity contribution in [3.8, 4) is 0 Å². The Bertz CT molecular complexity index is 381. The van der Waals surface area contributed by atoms with Crippen molar-refractivity contribution in [3.63, 3.8) is 0 Å². The van der Waals surface area contributed by atoms with Crippen LogP contribution in [0.2, 0.25) is 0 Å². The summed E-state index contributed by atoms with van der Waals surface area (Å²) in [4.78, 5) is 30.0. The molecule has 6 heteroatoms. The molecule has 0 aliphatic carbocycles. The molecule has 1 atom stereocenters. The maximum atomic E-state index is 12.4. The monoisotopic (exact) mass is 311 g/mol. The van der Waals surface area contributed by atoms with Crippen LogP contribution < -0.4 is 0 Å². The second kappa shape index (κ2) is 8.48. The molecule has 2 fully saturated rings. The van der Waals surface area contributed by atoms with E-state index in [0.717, 1.165) is 58.7 Å². The third-order valence-electron chi connectivity index (χ3n) is 4.52. The summed E-state index contributed by atoms with van der Waals surface area (Å²) in [5.74, 6) is 0.756. The molecular weight excluding hydrogens is 282 g/mol. The lowest BCUT2D eigenvalue weighted by Gasteiger charge is -2.26. The molecule has 0 bridgehead atoms. The molecule has 6 nitrogen and oxygen atoms in total. The van der Waals surface area contributed by atoms with Gasteiger partial charge in [0.25, 0.3) is 0 Å². The van der Waals surface area contributed by atoms with Crippen molar-refractivity contribution < 1.29 is 14.3 Å². The summed E-state index contributed by atoms with van der Waals surface area (Å²) in [5, 5.41) is 0. The number of hydrogen-bond donors (Lipinski definition) is 0. The predicted molar refractivity (Wildman–Crippen MR) is 84.5 cm³/mol. The predicted octanol–water partition coefficient (Wildman–Crippen LogP) is 0.426. The van der Waals surface area contributed by atoms with Crippen molar-refractivity contribution in [2.45, 2.75) is 25.7 Å². The molecule has 0 spiro atoms.